The maximum atomic E-state index is 13.2. The third-order valence-electron chi connectivity index (χ3n) is 3.76. The molecule has 2 rings (SSSR count). The fourth-order valence-electron chi connectivity index (χ4n) is 2.36. The van der Waals surface area contributed by atoms with Gasteiger partial charge in [0.15, 0.2) is 0 Å². The maximum absolute atomic E-state index is 13.2. The number of benzene rings is 2. The number of hydrogen-bond acceptors (Lipinski definition) is 5. The van der Waals surface area contributed by atoms with Crippen molar-refractivity contribution in [2.75, 3.05) is 12.9 Å². The summed E-state index contributed by atoms with van der Waals surface area (Å²) >= 11 is 1.36. The van der Waals surface area contributed by atoms with Crippen LogP contribution in [0.5, 0.6) is 5.75 Å². The fraction of sp³-hybridized carbons (Fsp3) is 0.263. The molecule has 2 aromatic rings. The van der Waals surface area contributed by atoms with Crippen molar-refractivity contribution in [1.29, 1.82) is 0 Å². The van der Waals surface area contributed by atoms with Crippen molar-refractivity contribution in [3.8, 4) is 5.75 Å². The van der Waals surface area contributed by atoms with Gasteiger partial charge in [-0.1, -0.05) is 24.3 Å². The van der Waals surface area contributed by atoms with E-state index in [-0.39, 0.29) is 17.8 Å². The SMILES string of the molecule is CSC(Cc1ccc(OCC(O)c2cccc(F)c2)cc1)C(=O)NC=O. The fourth-order valence-corrected chi connectivity index (χ4v) is 3.00. The van der Waals surface area contributed by atoms with E-state index in [9.17, 15) is 19.1 Å². The number of rotatable bonds is 9. The number of amides is 2. The van der Waals surface area contributed by atoms with E-state index in [4.69, 9.17) is 4.74 Å². The average molecular weight is 377 g/mol. The normalized spacial score (nSPS) is 12.9. The molecule has 0 radical (unpaired) electrons. The maximum Gasteiger partial charge on any atom is 0.239 e. The molecule has 2 unspecified atom stereocenters. The molecule has 7 heteroatoms. The first-order valence-electron chi connectivity index (χ1n) is 7.95. The van der Waals surface area contributed by atoms with Gasteiger partial charge in [-0.15, -0.1) is 0 Å². The number of nitrogens with one attached hydrogen (secondary N) is 1. The number of thioether (sulfide) groups is 1. The van der Waals surface area contributed by atoms with Gasteiger partial charge in [0, 0.05) is 0 Å². The number of halogens is 1. The number of carbonyl (C=O) groups excluding carboxylic acids is 2. The number of carbonyl (C=O) groups is 2. The minimum atomic E-state index is -0.932. The summed E-state index contributed by atoms with van der Waals surface area (Å²) < 4.78 is 18.7. The Hall–Kier alpha value is -2.38. The largest absolute Gasteiger partial charge is 0.491 e. The first-order valence-corrected chi connectivity index (χ1v) is 9.24. The van der Waals surface area contributed by atoms with Gasteiger partial charge in [-0.2, -0.15) is 11.8 Å². The van der Waals surface area contributed by atoms with E-state index in [0.717, 1.165) is 5.56 Å². The predicted molar refractivity (Wildman–Crippen MR) is 98.5 cm³/mol. The Bertz CT molecular complexity index is 739. The molecule has 5 nitrogen and oxygen atoms in total. The van der Waals surface area contributed by atoms with Crippen LogP contribution >= 0.6 is 11.8 Å². The quantitative estimate of drug-likeness (QED) is 0.657. The molecular weight excluding hydrogens is 357 g/mol. The van der Waals surface area contributed by atoms with Crippen LogP contribution in [0.15, 0.2) is 48.5 Å². The van der Waals surface area contributed by atoms with E-state index in [1.165, 1.54) is 30.0 Å². The van der Waals surface area contributed by atoms with Crippen LogP contribution in [0.1, 0.15) is 17.2 Å². The second-order valence-electron chi connectivity index (χ2n) is 5.58. The third kappa shape index (κ3) is 5.86. The van der Waals surface area contributed by atoms with Gasteiger partial charge in [0.25, 0.3) is 0 Å². The lowest BCUT2D eigenvalue weighted by Crippen LogP contribution is -2.32. The summed E-state index contributed by atoms with van der Waals surface area (Å²) in [6.45, 7) is -0.00201. The summed E-state index contributed by atoms with van der Waals surface area (Å²) in [4.78, 5) is 22.1. The zero-order chi connectivity index (χ0) is 18.9. The monoisotopic (exact) mass is 377 g/mol. The van der Waals surface area contributed by atoms with Crippen LogP contribution in [0.25, 0.3) is 0 Å². The smallest absolute Gasteiger partial charge is 0.239 e. The molecule has 26 heavy (non-hydrogen) atoms. The molecule has 0 saturated heterocycles. The lowest BCUT2D eigenvalue weighted by Gasteiger charge is -2.14. The van der Waals surface area contributed by atoms with Crippen molar-refractivity contribution >= 4 is 24.1 Å². The molecule has 0 saturated carbocycles. The van der Waals surface area contributed by atoms with Crippen LogP contribution in [0.3, 0.4) is 0 Å². The molecule has 2 amide bonds. The van der Waals surface area contributed by atoms with Gasteiger partial charge >= 0.3 is 0 Å². The molecule has 2 atom stereocenters. The highest BCUT2D eigenvalue weighted by atomic mass is 32.2. The van der Waals surface area contributed by atoms with E-state index >= 15 is 0 Å². The van der Waals surface area contributed by atoms with Crippen LogP contribution < -0.4 is 10.1 Å². The molecule has 0 heterocycles. The standard InChI is InChI=1S/C19H20FNO4S/c1-26-18(19(24)21-12-22)9-13-5-7-16(8-6-13)25-11-17(23)14-3-2-4-15(20)10-14/h2-8,10,12,17-18,23H,9,11H2,1H3,(H,21,22,24). The minimum Gasteiger partial charge on any atom is -0.491 e. The Kier molecular flexibility index (Phi) is 7.62. The molecule has 138 valence electrons. The summed E-state index contributed by atoms with van der Waals surface area (Å²) in [6, 6.07) is 12.9. The van der Waals surface area contributed by atoms with Gasteiger partial charge < -0.3 is 9.84 Å². The Morgan fingerprint density at radius 2 is 2.04 bits per heavy atom. The summed E-state index contributed by atoms with van der Waals surface area (Å²) in [5, 5.41) is 11.9. The van der Waals surface area contributed by atoms with Crippen molar-refractivity contribution in [2.45, 2.75) is 17.8 Å². The zero-order valence-corrected chi connectivity index (χ0v) is 15.0. The molecule has 2 aromatic carbocycles. The second-order valence-corrected chi connectivity index (χ2v) is 6.62. The van der Waals surface area contributed by atoms with Crippen molar-refractivity contribution in [2.24, 2.45) is 0 Å². The predicted octanol–water partition coefficient (Wildman–Crippen LogP) is 2.48. The minimum absolute atomic E-state index is 0.00201. The molecule has 0 spiro atoms. The van der Waals surface area contributed by atoms with Gasteiger partial charge in [-0.3, -0.25) is 14.9 Å². The lowest BCUT2D eigenvalue weighted by molar-refractivity contribution is -0.124. The summed E-state index contributed by atoms with van der Waals surface area (Å²) in [6.07, 6.45) is 1.73. The summed E-state index contributed by atoms with van der Waals surface area (Å²) in [5.74, 6) is -0.179. The van der Waals surface area contributed by atoms with Gasteiger partial charge in [0.05, 0.1) is 5.25 Å². The molecule has 0 aliphatic rings. The van der Waals surface area contributed by atoms with Crippen LogP contribution in [-0.2, 0) is 16.0 Å². The zero-order valence-electron chi connectivity index (χ0n) is 14.2. The second kappa shape index (κ2) is 9.94. The Morgan fingerprint density at radius 3 is 2.65 bits per heavy atom. The topological polar surface area (TPSA) is 75.6 Å². The van der Waals surface area contributed by atoms with Crippen LogP contribution in [0.4, 0.5) is 4.39 Å². The molecule has 0 bridgehead atoms. The highest BCUT2D eigenvalue weighted by molar-refractivity contribution is 7.99. The molecular formula is C19H20FNO4S. The van der Waals surface area contributed by atoms with Crippen LogP contribution in [-0.4, -0.2) is 35.5 Å². The third-order valence-corrected chi connectivity index (χ3v) is 4.71. The van der Waals surface area contributed by atoms with Crippen molar-refractivity contribution in [3.05, 3.63) is 65.5 Å². The van der Waals surface area contributed by atoms with Gasteiger partial charge in [-0.05, 0) is 48.1 Å². The molecule has 2 N–H and O–H groups in total. The molecule has 0 aliphatic heterocycles. The van der Waals surface area contributed by atoms with Crippen LogP contribution in [0.2, 0.25) is 0 Å². The highest BCUT2D eigenvalue weighted by Gasteiger charge is 2.17. The van der Waals surface area contributed by atoms with E-state index in [1.54, 1.807) is 24.5 Å². The molecule has 0 fully saturated rings. The summed E-state index contributed by atoms with van der Waals surface area (Å²) in [7, 11) is 0. The molecule has 0 aromatic heterocycles. The van der Waals surface area contributed by atoms with Crippen LogP contribution in [0, 0.1) is 5.82 Å². The number of ether oxygens (including phenoxy) is 1. The average Bonchev–Trinajstić information content (AvgIpc) is 2.65. The van der Waals surface area contributed by atoms with Gasteiger partial charge in [0.1, 0.15) is 24.3 Å². The summed E-state index contributed by atoms with van der Waals surface area (Å²) in [5.41, 5.74) is 1.37. The number of imide groups is 1. The van der Waals surface area contributed by atoms with Gasteiger partial charge in [0.2, 0.25) is 12.3 Å². The van der Waals surface area contributed by atoms with Gasteiger partial charge in [-0.25, -0.2) is 4.39 Å². The number of hydrogen-bond donors (Lipinski definition) is 2. The lowest BCUT2D eigenvalue weighted by atomic mass is 10.1. The first kappa shape index (κ1) is 19.9. The van der Waals surface area contributed by atoms with E-state index < -0.39 is 11.9 Å². The van der Waals surface area contributed by atoms with Crippen molar-refractivity contribution < 1.29 is 23.8 Å². The Balaban J connectivity index is 1.90. The van der Waals surface area contributed by atoms with E-state index in [0.29, 0.717) is 24.1 Å². The Morgan fingerprint density at radius 1 is 1.31 bits per heavy atom. The number of aliphatic hydroxyl groups excluding tert-OH is 1. The van der Waals surface area contributed by atoms with E-state index in [2.05, 4.69) is 5.32 Å². The van der Waals surface area contributed by atoms with E-state index in [1.807, 2.05) is 12.1 Å². The molecule has 0 aliphatic carbocycles. The first-order chi connectivity index (χ1) is 12.5. The van der Waals surface area contributed by atoms with Crippen molar-refractivity contribution in [3.63, 3.8) is 0 Å². The Labute approximate surface area is 155 Å². The highest BCUT2D eigenvalue weighted by Crippen LogP contribution is 2.20. The van der Waals surface area contributed by atoms with Crippen molar-refractivity contribution in [1.82, 2.24) is 5.32 Å². The number of aliphatic hydroxyl groups is 1.